The van der Waals surface area contributed by atoms with Crippen LogP contribution in [0.3, 0.4) is 0 Å². The fourth-order valence-electron chi connectivity index (χ4n) is 3.91. The molecule has 2 heterocycles. The zero-order chi connectivity index (χ0) is 22.0. The maximum absolute atomic E-state index is 13.2. The number of phenolic OH excluding ortho intramolecular Hbond substituents is 1. The van der Waals surface area contributed by atoms with Crippen molar-refractivity contribution in [1.29, 1.82) is 0 Å². The van der Waals surface area contributed by atoms with Crippen LogP contribution in [0, 0.1) is 0 Å². The number of nitrogens with one attached hydrogen (secondary N) is 2. The molecule has 0 spiro atoms. The Bertz CT molecular complexity index is 1050. The van der Waals surface area contributed by atoms with Crippen molar-refractivity contribution < 1.29 is 24.2 Å². The molecule has 160 valence electrons. The zero-order valence-corrected chi connectivity index (χ0v) is 17.0. The summed E-state index contributed by atoms with van der Waals surface area (Å²) in [6.07, 6.45) is 4.09. The maximum atomic E-state index is 13.2. The number of ether oxygens (including phenoxy) is 1. The van der Waals surface area contributed by atoms with Crippen LogP contribution >= 0.6 is 0 Å². The van der Waals surface area contributed by atoms with Crippen LogP contribution in [-0.2, 0) is 14.3 Å². The van der Waals surface area contributed by atoms with Crippen LogP contribution in [0.15, 0.2) is 42.5 Å². The van der Waals surface area contributed by atoms with Crippen molar-refractivity contribution in [2.75, 3.05) is 25.6 Å². The molecule has 2 atom stereocenters. The van der Waals surface area contributed by atoms with Crippen molar-refractivity contribution in [2.45, 2.75) is 18.5 Å². The van der Waals surface area contributed by atoms with E-state index in [2.05, 4.69) is 10.6 Å². The molecule has 1 saturated heterocycles. The number of anilines is 1. The number of carbonyl (C=O) groups excluding carboxylic acids is 3. The minimum Gasteiger partial charge on any atom is -0.508 e. The van der Waals surface area contributed by atoms with Crippen molar-refractivity contribution in [1.82, 2.24) is 10.2 Å². The van der Waals surface area contributed by atoms with Gasteiger partial charge in [-0.25, -0.2) is 0 Å². The van der Waals surface area contributed by atoms with Gasteiger partial charge in [-0.15, -0.1) is 0 Å². The Balaban J connectivity index is 1.55. The number of benzene rings is 2. The second kappa shape index (κ2) is 8.61. The Morgan fingerprint density at radius 2 is 1.90 bits per heavy atom. The van der Waals surface area contributed by atoms with Crippen LogP contribution in [-0.4, -0.2) is 60.1 Å². The van der Waals surface area contributed by atoms with E-state index in [0.717, 1.165) is 11.1 Å². The predicted molar refractivity (Wildman–Crippen MR) is 115 cm³/mol. The highest BCUT2D eigenvalue weighted by atomic mass is 16.5. The van der Waals surface area contributed by atoms with Crippen LogP contribution in [0.5, 0.6) is 5.75 Å². The van der Waals surface area contributed by atoms with Crippen LogP contribution < -0.4 is 10.6 Å². The second-order valence-electron chi connectivity index (χ2n) is 7.63. The molecule has 1 fully saturated rings. The molecule has 0 saturated carbocycles. The molecular formula is C23H23N3O5. The van der Waals surface area contributed by atoms with Gasteiger partial charge >= 0.3 is 0 Å². The highest BCUT2D eigenvalue weighted by molar-refractivity contribution is 6.10. The minimum atomic E-state index is -0.635. The maximum Gasteiger partial charge on any atom is 0.256 e. The van der Waals surface area contributed by atoms with E-state index in [1.54, 1.807) is 36.4 Å². The van der Waals surface area contributed by atoms with Crippen LogP contribution in [0.2, 0.25) is 0 Å². The molecule has 0 bridgehead atoms. The van der Waals surface area contributed by atoms with Crippen molar-refractivity contribution in [3.8, 4) is 5.75 Å². The van der Waals surface area contributed by atoms with Gasteiger partial charge in [0.2, 0.25) is 11.8 Å². The standard InChI is InChI=1S/C23H23N3O5/c1-31-13-21(28)24-16-11-20-22(29)25-19-9-6-15(10-18(19)23(30)26(20)12-16)3-2-14-4-7-17(27)8-5-14/h2-10,16,20,27H,11-13H2,1H3,(H,24,28)(H,25,29)/t16-,20-/m1/s1. The van der Waals surface area contributed by atoms with Gasteiger partial charge in [0.25, 0.3) is 5.91 Å². The van der Waals surface area contributed by atoms with Gasteiger partial charge in [-0.05, 0) is 41.8 Å². The normalized spacial score (nSPS) is 20.2. The molecule has 3 N–H and O–H groups in total. The number of nitrogens with zero attached hydrogens (tertiary/aromatic N) is 1. The number of methoxy groups -OCH3 is 1. The lowest BCUT2D eigenvalue weighted by atomic mass is 10.1. The summed E-state index contributed by atoms with van der Waals surface area (Å²) >= 11 is 0. The molecule has 2 aliphatic rings. The first-order chi connectivity index (χ1) is 14.9. The number of hydrogen-bond acceptors (Lipinski definition) is 5. The van der Waals surface area contributed by atoms with E-state index in [4.69, 9.17) is 4.74 Å². The van der Waals surface area contributed by atoms with Crippen molar-refractivity contribution in [3.63, 3.8) is 0 Å². The van der Waals surface area contributed by atoms with Crippen molar-refractivity contribution in [2.24, 2.45) is 0 Å². The van der Waals surface area contributed by atoms with E-state index < -0.39 is 6.04 Å². The van der Waals surface area contributed by atoms with E-state index in [0.29, 0.717) is 17.7 Å². The first-order valence-corrected chi connectivity index (χ1v) is 9.96. The molecule has 2 aromatic carbocycles. The lowest BCUT2D eigenvalue weighted by molar-refractivity contribution is -0.125. The number of rotatable bonds is 5. The Morgan fingerprint density at radius 3 is 2.65 bits per heavy atom. The Morgan fingerprint density at radius 1 is 1.19 bits per heavy atom. The summed E-state index contributed by atoms with van der Waals surface area (Å²) in [5, 5.41) is 15.0. The summed E-state index contributed by atoms with van der Waals surface area (Å²) in [5.41, 5.74) is 2.59. The fourth-order valence-corrected chi connectivity index (χ4v) is 3.91. The summed E-state index contributed by atoms with van der Waals surface area (Å²) < 4.78 is 4.82. The molecule has 2 aliphatic heterocycles. The SMILES string of the molecule is COCC(=O)N[C@@H]1C[C@@H]2C(=O)Nc3ccc(C=Cc4ccc(O)cc4)cc3C(=O)N2C1. The van der Waals surface area contributed by atoms with E-state index >= 15 is 0 Å². The lowest BCUT2D eigenvalue weighted by Gasteiger charge is -2.20. The van der Waals surface area contributed by atoms with E-state index in [9.17, 15) is 19.5 Å². The third kappa shape index (κ3) is 4.44. The zero-order valence-electron chi connectivity index (χ0n) is 17.0. The van der Waals surface area contributed by atoms with Gasteiger partial charge in [-0.2, -0.15) is 0 Å². The first-order valence-electron chi connectivity index (χ1n) is 9.96. The molecule has 0 unspecified atom stereocenters. The molecule has 2 aromatic rings. The molecule has 8 nitrogen and oxygen atoms in total. The first kappa shape index (κ1) is 20.6. The smallest absolute Gasteiger partial charge is 0.256 e. The third-order valence-electron chi connectivity index (χ3n) is 5.40. The Hall–Kier alpha value is -3.65. The van der Waals surface area contributed by atoms with Crippen molar-refractivity contribution >= 4 is 35.6 Å². The second-order valence-corrected chi connectivity index (χ2v) is 7.63. The van der Waals surface area contributed by atoms with Gasteiger partial charge in [0.05, 0.1) is 11.3 Å². The topological polar surface area (TPSA) is 108 Å². The molecule has 31 heavy (non-hydrogen) atoms. The molecular weight excluding hydrogens is 398 g/mol. The van der Waals surface area contributed by atoms with E-state index in [1.165, 1.54) is 12.0 Å². The predicted octanol–water partition coefficient (Wildman–Crippen LogP) is 1.86. The fraction of sp³-hybridized carbons (Fsp3) is 0.261. The number of carbonyl (C=O) groups is 3. The minimum absolute atomic E-state index is 0.0686. The summed E-state index contributed by atoms with van der Waals surface area (Å²) in [6, 6.07) is 11.1. The number of phenols is 1. The van der Waals surface area contributed by atoms with E-state index in [1.807, 2.05) is 18.2 Å². The average Bonchev–Trinajstić information content (AvgIpc) is 3.14. The summed E-state index contributed by atoms with van der Waals surface area (Å²) in [4.78, 5) is 39.3. The molecule has 4 rings (SSSR count). The van der Waals surface area contributed by atoms with Crippen LogP contribution in [0.25, 0.3) is 12.2 Å². The molecule has 3 amide bonds. The highest BCUT2D eigenvalue weighted by Crippen LogP contribution is 2.30. The van der Waals surface area contributed by atoms with Crippen LogP contribution in [0.4, 0.5) is 5.69 Å². The molecule has 0 aromatic heterocycles. The highest BCUT2D eigenvalue weighted by Gasteiger charge is 2.43. The van der Waals surface area contributed by atoms with Crippen LogP contribution in [0.1, 0.15) is 27.9 Å². The van der Waals surface area contributed by atoms with Gasteiger partial charge in [0.15, 0.2) is 0 Å². The number of hydrogen-bond donors (Lipinski definition) is 3. The Labute approximate surface area is 179 Å². The summed E-state index contributed by atoms with van der Waals surface area (Å²) in [6.45, 7) is 0.195. The number of amides is 3. The number of aromatic hydroxyl groups is 1. The van der Waals surface area contributed by atoms with Gasteiger partial charge in [-0.1, -0.05) is 30.4 Å². The van der Waals surface area contributed by atoms with Gasteiger partial charge in [0, 0.05) is 19.7 Å². The van der Waals surface area contributed by atoms with Crippen molar-refractivity contribution in [3.05, 3.63) is 59.2 Å². The molecule has 0 radical (unpaired) electrons. The average molecular weight is 421 g/mol. The largest absolute Gasteiger partial charge is 0.508 e. The summed E-state index contributed by atoms with van der Waals surface area (Å²) in [7, 11) is 1.43. The monoisotopic (exact) mass is 421 g/mol. The van der Waals surface area contributed by atoms with Gasteiger partial charge in [0.1, 0.15) is 18.4 Å². The molecule has 0 aliphatic carbocycles. The molecule has 8 heteroatoms. The van der Waals surface area contributed by atoms with Gasteiger partial charge < -0.3 is 25.4 Å². The quantitative estimate of drug-likeness (QED) is 0.639. The van der Waals surface area contributed by atoms with E-state index in [-0.39, 0.29) is 42.7 Å². The Kier molecular flexibility index (Phi) is 5.73. The number of fused-ring (bicyclic) bond motifs is 2. The summed E-state index contributed by atoms with van der Waals surface area (Å²) in [5.74, 6) is -0.592. The van der Waals surface area contributed by atoms with Gasteiger partial charge in [-0.3, -0.25) is 14.4 Å². The third-order valence-corrected chi connectivity index (χ3v) is 5.40. The lowest BCUT2D eigenvalue weighted by Crippen LogP contribution is -2.41.